The Morgan fingerprint density at radius 2 is 2.20 bits per heavy atom. The molecular weight excluding hydrogens is 258 g/mol. The normalized spacial score (nSPS) is 9.85. The minimum atomic E-state index is -1.06. The first-order valence-electron chi connectivity index (χ1n) is 6.43. The van der Waals surface area contributed by atoms with Crippen LogP contribution >= 0.6 is 0 Å². The van der Waals surface area contributed by atoms with Crippen LogP contribution in [-0.4, -0.2) is 41.6 Å². The molecule has 0 bridgehead atoms. The number of nitrogens with zero attached hydrogens (tertiary/aromatic N) is 1. The summed E-state index contributed by atoms with van der Waals surface area (Å²) in [7, 11) is 0. The van der Waals surface area contributed by atoms with Crippen LogP contribution in [0, 0.1) is 0 Å². The number of carboxylic acid groups (broad SMARTS) is 1. The van der Waals surface area contributed by atoms with Crippen molar-refractivity contribution in [2.45, 2.75) is 13.3 Å². The summed E-state index contributed by atoms with van der Waals surface area (Å²) in [5.41, 5.74) is 0.404. The maximum atomic E-state index is 12.3. The molecule has 5 heteroatoms. The molecule has 0 aromatic heterocycles. The Labute approximate surface area is 118 Å². The fourth-order valence-electron chi connectivity index (χ4n) is 1.66. The van der Waals surface area contributed by atoms with Gasteiger partial charge in [0.05, 0.1) is 6.61 Å². The second-order valence-corrected chi connectivity index (χ2v) is 4.24. The molecule has 0 aliphatic heterocycles. The van der Waals surface area contributed by atoms with Crippen LogP contribution in [0.2, 0.25) is 0 Å². The van der Waals surface area contributed by atoms with Crippen molar-refractivity contribution < 1.29 is 19.4 Å². The lowest BCUT2D eigenvalue weighted by atomic mass is 10.2. The Morgan fingerprint density at radius 3 is 2.80 bits per heavy atom. The highest BCUT2D eigenvalue weighted by atomic mass is 16.5. The van der Waals surface area contributed by atoms with Crippen molar-refractivity contribution in [2.24, 2.45) is 0 Å². The second kappa shape index (κ2) is 7.99. The van der Waals surface area contributed by atoms with Gasteiger partial charge in [0.25, 0.3) is 5.91 Å². The van der Waals surface area contributed by atoms with E-state index in [1.807, 2.05) is 6.92 Å². The maximum Gasteiger partial charge on any atom is 0.323 e. The van der Waals surface area contributed by atoms with Crippen molar-refractivity contribution in [1.29, 1.82) is 0 Å². The first-order valence-corrected chi connectivity index (χ1v) is 6.43. The molecule has 0 saturated heterocycles. The van der Waals surface area contributed by atoms with Crippen molar-refractivity contribution in [2.75, 3.05) is 19.7 Å². The average Bonchev–Trinajstić information content (AvgIpc) is 2.43. The van der Waals surface area contributed by atoms with Crippen LogP contribution in [0.3, 0.4) is 0 Å². The molecular formula is C15H19NO4. The molecule has 0 saturated carbocycles. The molecule has 1 N–H and O–H groups in total. The molecule has 1 aromatic carbocycles. The summed E-state index contributed by atoms with van der Waals surface area (Å²) in [4.78, 5) is 24.2. The van der Waals surface area contributed by atoms with Gasteiger partial charge in [0.15, 0.2) is 0 Å². The number of amides is 1. The summed E-state index contributed by atoms with van der Waals surface area (Å²) in [6.07, 6.45) is 2.37. The zero-order valence-electron chi connectivity index (χ0n) is 11.5. The SMILES string of the molecule is C=CCN(CC(=O)O)C(=O)c1cccc(OCCC)c1. The highest BCUT2D eigenvalue weighted by molar-refractivity contribution is 5.96. The first-order chi connectivity index (χ1) is 9.58. The molecule has 0 radical (unpaired) electrons. The topological polar surface area (TPSA) is 66.8 Å². The minimum Gasteiger partial charge on any atom is -0.494 e. The zero-order valence-corrected chi connectivity index (χ0v) is 11.5. The first kappa shape index (κ1) is 15.8. The molecule has 1 aromatic rings. The van der Waals surface area contributed by atoms with Crippen molar-refractivity contribution >= 4 is 11.9 Å². The van der Waals surface area contributed by atoms with E-state index in [1.54, 1.807) is 24.3 Å². The smallest absolute Gasteiger partial charge is 0.323 e. The van der Waals surface area contributed by atoms with E-state index in [0.717, 1.165) is 6.42 Å². The van der Waals surface area contributed by atoms with E-state index in [9.17, 15) is 9.59 Å². The molecule has 0 heterocycles. The maximum absolute atomic E-state index is 12.3. The number of rotatable bonds is 8. The van der Waals surface area contributed by atoms with E-state index in [-0.39, 0.29) is 19.0 Å². The standard InChI is InChI=1S/C15H19NO4/c1-3-8-16(11-14(17)18)15(19)12-6-5-7-13(10-12)20-9-4-2/h3,5-7,10H,1,4,8-9,11H2,2H3,(H,17,18). The molecule has 0 aliphatic rings. The van der Waals surface area contributed by atoms with Crippen LogP contribution in [0.5, 0.6) is 5.75 Å². The quantitative estimate of drug-likeness (QED) is 0.740. The van der Waals surface area contributed by atoms with Gasteiger partial charge in [-0.05, 0) is 24.6 Å². The van der Waals surface area contributed by atoms with Gasteiger partial charge >= 0.3 is 5.97 Å². The van der Waals surface area contributed by atoms with Gasteiger partial charge in [0, 0.05) is 12.1 Å². The van der Waals surface area contributed by atoms with E-state index in [0.29, 0.717) is 17.9 Å². The van der Waals surface area contributed by atoms with Crippen molar-refractivity contribution in [3.8, 4) is 5.75 Å². The summed E-state index contributed by atoms with van der Waals surface area (Å²) in [5.74, 6) is -0.806. The highest BCUT2D eigenvalue weighted by Crippen LogP contribution is 2.15. The van der Waals surface area contributed by atoms with Crippen LogP contribution in [0.25, 0.3) is 0 Å². The van der Waals surface area contributed by atoms with E-state index in [2.05, 4.69) is 6.58 Å². The Hall–Kier alpha value is -2.30. The predicted octanol–water partition coefficient (Wildman–Crippen LogP) is 2.19. The van der Waals surface area contributed by atoms with Gasteiger partial charge in [0.2, 0.25) is 0 Å². The minimum absolute atomic E-state index is 0.186. The van der Waals surface area contributed by atoms with Gasteiger partial charge in [-0.2, -0.15) is 0 Å². The van der Waals surface area contributed by atoms with E-state index in [1.165, 1.54) is 11.0 Å². The van der Waals surface area contributed by atoms with E-state index < -0.39 is 5.97 Å². The van der Waals surface area contributed by atoms with E-state index in [4.69, 9.17) is 9.84 Å². The van der Waals surface area contributed by atoms with E-state index >= 15 is 0 Å². The third-order valence-corrected chi connectivity index (χ3v) is 2.52. The monoisotopic (exact) mass is 277 g/mol. The third-order valence-electron chi connectivity index (χ3n) is 2.52. The van der Waals surface area contributed by atoms with Crippen molar-refractivity contribution in [3.63, 3.8) is 0 Å². The van der Waals surface area contributed by atoms with Gasteiger partial charge in [-0.1, -0.05) is 19.1 Å². The molecule has 0 spiro atoms. The van der Waals surface area contributed by atoms with Gasteiger partial charge < -0.3 is 14.7 Å². The van der Waals surface area contributed by atoms with Crippen molar-refractivity contribution in [1.82, 2.24) is 4.90 Å². The fourth-order valence-corrected chi connectivity index (χ4v) is 1.66. The molecule has 20 heavy (non-hydrogen) atoms. The molecule has 5 nitrogen and oxygen atoms in total. The number of carboxylic acids is 1. The molecule has 1 rings (SSSR count). The lowest BCUT2D eigenvalue weighted by molar-refractivity contribution is -0.137. The third kappa shape index (κ3) is 4.76. The predicted molar refractivity (Wildman–Crippen MR) is 76.0 cm³/mol. The van der Waals surface area contributed by atoms with Crippen LogP contribution in [0.4, 0.5) is 0 Å². The number of benzene rings is 1. The molecule has 0 aliphatic carbocycles. The van der Waals surface area contributed by atoms with Crippen LogP contribution in [-0.2, 0) is 4.79 Å². The van der Waals surface area contributed by atoms with Crippen molar-refractivity contribution in [3.05, 3.63) is 42.5 Å². The van der Waals surface area contributed by atoms with Crippen LogP contribution < -0.4 is 4.74 Å². The van der Waals surface area contributed by atoms with Gasteiger partial charge in [-0.3, -0.25) is 9.59 Å². The summed E-state index contributed by atoms with van der Waals surface area (Å²) >= 11 is 0. The number of carbonyl (C=O) groups excluding carboxylic acids is 1. The number of carbonyl (C=O) groups is 2. The van der Waals surface area contributed by atoms with Crippen LogP contribution in [0.15, 0.2) is 36.9 Å². The number of hydrogen-bond acceptors (Lipinski definition) is 3. The molecule has 108 valence electrons. The Bertz CT molecular complexity index is 485. The van der Waals surface area contributed by atoms with Gasteiger partial charge in [-0.25, -0.2) is 0 Å². The summed E-state index contributed by atoms with van der Waals surface area (Å²) in [6.45, 7) is 5.93. The summed E-state index contributed by atoms with van der Waals surface area (Å²) < 4.78 is 5.46. The highest BCUT2D eigenvalue weighted by Gasteiger charge is 2.17. The Balaban J connectivity index is 2.87. The lowest BCUT2D eigenvalue weighted by Crippen LogP contribution is -2.35. The molecule has 1 amide bonds. The Kier molecular flexibility index (Phi) is 6.29. The summed E-state index contributed by atoms with van der Waals surface area (Å²) in [5, 5.41) is 8.82. The second-order valence-electron chi connectivity index (χ2n) is 4.24. The molecule has 0 unspecified atom stereocenters. The lowest BCUT2D eigenvalue weighted by Gasteiger charge is -2.19. The number of hydrogen-bond donors (Lipinski definition) is 1. The summed E-state index contributed by atoms with van der Waals surface area (Å²) in [6, 6.07) is 6.74. The van der Waals surface area contributed by atoms with Gasteiger partial charge in [0.1, 0.15) is 12.3 Å². The van der Waals surface area contributed by atoms with Gasteiger partial charge in [-0.15, -0.1) is 6.58 Å². The zero-order chi connectivity index (χ0) is 15.0. The molecule has 0 atom stereocenters. The number of aliphatic carboxylic acids is 1. The molecule has 0 fully saturated rings. The largest absolute Gasteiger partial charge is 0.494 e. The average molecular weight is 277 g/mol. The fraction of sp³-hybridized carbons (Fsp3) is 0.333. The Morgan fingerprint density at radius 1 is 1.45 bits per heavy atom. The van der Waals surface area contributed by atoms with Crippen LogP contribution in [0.1, 0.15) is 23.7 Å². The number of ether oxygens (including phenoxy) is 1.